The molecule has 3 aromatic rings. The zero-order chi connectivity index (χ0) is 21.5. The third-order valence-electron chi connectivity index (χ3n) is 6.09. The summed E-state index contributed by atoms with van der Waals surface area (Å²) in [6.07, 6.45) is 11.6. The first-order valence-electron chi connectivity index (χ1n) is 10.5. The first-order chi connectivity index (χ1) is 15.0. The number of amides is 1. The van der Waals surface area contributed by atoms with Crippen LogP contribution in [-0.4, -0.2) is 39.8 Å². The molecule has 5 rings (SSSR count). The fraction of sp³-hybridized carbons (Fsp3) is 0.364. The zero-order valence-corrected chi connectivity index (χ0v) is 18.3. The molecule has 1 aromatic carbocycles. The molecule has 3 heterocycles. The second-order valence-electron chi connectivity index (χ2n) is 8.11. The molecule has 9 heteroatoms. The molecule has 31 heavy (non-hydrogen) atoms. The molecule has 1 saturated carbocycles. The Morgan fingerprint density at radius 1 is 1.06 bits per heavy atom. The van der Waals surface area contributed by atoms with Crippen molar-refractivity contribution in [2.45, 2.75) is 38.1 Å². The van der Waals surface area contributed by atoms with Crippen LogP contribution in [-0.2, 0) is 0 Å². The number of rotatable bonds is 3. The van der Waals surface area contributed by atoms with Crippen LogP contribution in [0.15, 0.2) is 36.8 Å². The standard InChI is InChI=1S/C22H24ClN7O/c1-28-18-10-14(23)8-9-17(18)21(31)29(2)19-12-24-22(27-20(19)28)26-15-11-25-30(13-15)16-6-4-3-5-7-16/h8-13,16H,3-7H2,1-2H3,(H,24,26,27). The van der Waals surface area contributed by atoms with E-state index in [0.29, 0.717) is 39.8 Å². The average Bonchev–Trinajstić information content (AvgIpc) is 3.24. The van der Waals surface area contributed by atoms with Crippen molar-refractivity contribution in [1.29, 1.82) is 0 Å². The fourth-order valence-corrected chi connectivity index (χ4v) is 4.52. The number of carbonyl (C=O) groups is 1. The van der Waals surface area contributed by atoms with Crippen molar-refractivity contribution in [1.82, 2.24) is 19.7 Å². The maximum absolute atomic E-state index is 13.0. The second-order valence-corrected chi connectivity index (χ2v) is 8.55. The number of benzene rings is 1. The van der Waals surface area contributed by atoms with Crippen molar-refractivity contribution in [3.63, 3.8) is 0 Å². The molecule has 0 atom stereocenters. The Morgan fingerprint density at radius 2 is 1.87 bits per heavy atom. The van der Waals surface area contributed by atoms with Crippen LogP contribution in [0.4, 0.5) is 28.8 Å². The Labute approximate surface area is 185 Å². The summed E-state index contributed by atoms with van der Waals surface area (Å²) < 4.78 is 2.04. The third kappa shape index (κ3) is 3.61. The lowest BCUT2D eigenvalue weighted by Crippen LogP contribution is -2.25. The molecule has 160 valence electrons. The van der Waals surface area contributed by atoms with Gasteiger partial charge in [0.25, 0.3) is 5.91 Å². The number of hydrogen-bond donors (Lipinski definition) is 1. The molecule has 1 aliphatic heterocycles. The number of nitrogens with one attached hydrogen (secondary N) is 1. The molecule has 2 aliphatic rings. The van der Waals surface area contributed by atoms with Crippen molar-refractivity contribution in [2.24, 2.45) is 0 Å². The highest BCUT2D eigenvalue weighted by atomic mass is 35.5. The topological polar surface area (TPSA) is 79.2 Å². The Balaban J connectivity index is 1.46. The second kappa shape index (κ2) is 7.85. The smallest absolute Gasteiger partial charge is 0.260 e. The molecular formula is C22H24ClN7O. The van der Waals surface area contributed by atoms with Gasteiger partial charge in [-0.25, -0.2) is 4.98 Å². The van der Waals surface area contributed by atoms with Gasteiger partial charge in [-0.15, -0.1) is 0 Å². The van der Waals surface area contributed by atoms with Crippen LogP contribution in [0.25, 0.3) is 0 Å². The van der Waals surface area contributed by atoms with Crippen LogP contribution in [0, 0.1) is 0 Å². The van der Waals surface area contributed by atoms with E-state index in [9.17, 15) is 4.79 Å². The Bertz CT molecular complexity index is 1140. The molecule has 1 fully saturated rings. The number of carbonyl (C=O) groups excluding carboxylic acids is 1. The van der Waals surface area contributed by atoms with Gasteiger partial charge >= 0.3 is 0 Å². The predicted octanol–water partition coefficient (Wildman–Crippen LogP) is 4.93. The van der Waals surface area contributed by atoms with Gasteiger partial charge in [-0.05, 0) is 31.0 Å². The molecule has 0 unspecified atom stereocenters. The lowest BCUT2D eigenvalue weighted by Gasteiger charge is -2.22. The largest absolute Gasteiger partial charge is 0.327 e. The summed E-state index contributed by atoms with van der Waals surface area (Å²) in [4.78, 5) is 25.6. The Hall–Kier alpha value is -3.13. The summed E-state index contributed by atoms with van der Waals surface area (Å²) in [7, 11) is 3.60. The molecule has 2 aromatic heterocycles. The van der Waals surface area contributed by atoms with Gasteiger partial charge in [0.1, 0.15) is 5.69 Å². The maximum atomic E-state index is 13.0. The molecule has 8 nitrogen and oxygen atoms in total. The fourth-order valence-electron chi connectivity index (χ4n) is 4.35. The van der Waals surface area contributed by atoms with Crippen LogP contribution in [0.3, 0.4) is 0 Å². The number of aromatic nitrogens is 4. The van der Waals surface area contributed by atoms with Crippen molar-refractivity contribution < 1.29 is 4.79 Å². The van der Waals surface area contributed by atoms with Crippen LogP contribution in [0.5, 0.6) is 0 Å². The predicted molar refractivity (Wildman–Crippen MR) is 122 cm³/mol. The number of fused-ring (bicyclic) bond motifs is 2. The summed E-state index contributed by atoms with van der Waals surface area (Å²) >= 11 is 6.21. The molecule has 0 radical (unpaired) electrons. The summed E-state index contributed by atoms with van der Waals surface area (Å²) in [6.45, 7) is 0. The third-order valence-corrected chi connectivity index (χ3v) is 6.33. The Kier molecular flexibility index (Phi) is 5.02. The van der Waals surface area contributed by atoms with E-state index in [1.165, 1.54) is 32.1 Å². The van der Waals surface area contributed by atoms with E-state index in [1.54, 1.807) is 42.5 Å². The van der Waals surface area contributed by atoms with E-state index in [0.717, 1.165) is 5.69 Å². The monoisotopic (exact) mass is 437 g/mol. The van der Waals surface area contributed by atoms with Crippen molar-refractivity contribution in [3.05, 3.63) is 47.4 Å². The van der Waals surface area contributed by atoms with Crippen molar-refractivity contribution in [3.8, 4) is 0 Å². The summed E-state index contributed by atoms with van der Waals surface area (Å²) in [5.41, 5.74) is 2.74. The molecule has 0 bridgehead atoms. The molecule has 0 saturated heterocycles. The minimum Gasteiger partial charge on any atom is -0.327 e. The van der Waals surface area contributed by atoms with Gasteiger partial charge in [0.15, 0.2) is 5.82 Å². The highest BCUT2D eigenvalue weighted by Crippen LogP contribution is 2.39. The first-order valence-corrected chi connectivity index (χ1v) is 10.9. The van der Waals surface area contributed by atoms with Crippen LogP contribution >= 0.6 is 11.6 Å². The SMILES string of the molecule is CN1C(=O)c2ccc(Cl)cc2N(C)c2nc(Nc3cnn(C4CCCCC4)c3)ncc21. The Morgan fingerprint density at radius 3 is 2.68 bits per heavy atom. The van der Waals surface area contributed by atoms with Gasteiger partial charge in [-0.3, -0.25) is 9.48 Å². The lowest BCUT2D eigenvalue weighted by atomic mass is 9.96. The van der Waals surface area contributed by atoms with Gasteiger partial charge in [0.2, 0.25) is 5.95 Å². The first kappa shape index (κ1) is 19.8. The van der Waals surface area contributed by atoms with Crippen molar-refractivity contribution >= 4 is 46.3 Å². The van der Waals surface area contributed by atoms with Gasteiger partial charge in [-0.1, -0.05) is 30.9 Å². The van der Waals surface area contributed by atoms with Gasteiger partial charge < -0.3 is 15.1 Å². The molecular weight excluding hydrogens is 414 g/mol. The van der Waals surface area contributed by atoms with E-state index in [-0.39, 0.29) is 5.91 Å². The number of nitrogens with zero attached hydrogens (tertiary/aromatic N) is 6. The van der Waals surface area contributed by atoms with Gasteiger partial charge in [0.05, 0.1) is 35.4 Å². The van der Waals surface area contributed by atoms with E-state index in [4.69, 9.17) is 16.6 Å². The van der Waals surface area contributed by atoms with Crippen LogP contribution in [0.1, 0.15) is 48.5 Å². The minimum atomic E-state index is -0.129. The van der Waals surface area contributed by atoms with E-state index in [2.05, 4.69) is 15.4 Å². The summed E-state index contributed by atoms with van der Waals surface area (Å²) in [5, 5.41) is 8.35. The molecule has 1 N–H and O–H groups in total. The average molecular weight is 438 g/mol. The highest BCUT2D eigenvalue weighted by molar-refractivity contribution is 6.31. The van der Waals surface area contributed by atoms with E-state index in [1.807, 2.05) is 22.8 Å². The summed E-state index contributed by atoms with van der Waals surface area (Å²) in [5.74, 6) is 0.935. The maximum Gasteiger partial charge on any atom is 0.260 e. The quantitative estimate of drug-likeness (QED) is 0.625. The van der Waals surface area contributed by atoms with E-state index >= 15 is 0 Å². The lowest BCUT2D eigenvalue weighted by molar-refractivity contribution is 0.0994. The molecule has 0 spiro atoms. The van der Waals surface area contributed by atoms with Gasteiger partial charge in [-0.2, -0.15) is 10.1 Å². The minimum absolute atomic E-state index is 0.129. The van der Waals surface area contributed by atoms with Crippen LogP contribution in [0.2, 0.25) is 5.02 Å². The van der Waals surface area contributed by atoms with Gasteiger partial charge in [0, 0.05) is 25.3 Å². The number of halogens is 1. The zero-order valence-electron chi connectivity index (χ0n) is 17.5. The van der Waals surface area contributed by atoms with E-state index < -0.39 is 0 Å². The van der Waals surface area contributed by atoms with Crippen LogP contribution < -0.4 is 15.1 Å². The number of anilines is 5. The normalized spacial score (nSPS) is 16.7. The van der Waals surface area contributed by atoms with Crippen molar-refractivity contribution in [2.75, 3.05) is 29.2 Å². The molecule has 1 aliphatic carbocycles. The summed E-state index contributed by atoms with van der Waals surface area (Å²) in [6, 6.07) is 5.70. The highest BCUT2D eigenvalue weighted by Gasteiger charge is 2.29. The number of hydrogen-bond acceptors (Lipinski definition) is 6. The molecule has 1 amide bonds.